The molecule has 3 nitrogen and oxygen atoms in total. The van der Waals surface area contributed by atoms with Crippen LogP contribution in [0.4, 0.5) is 0 Å². The lowest BCUT2D eigenvalue weighted by Gasteiger charge is -2.03. The largest absolute Gasteiger partial charge is 0.372 e. The number of hydrogen-bond donors (Lipinski definition) is 0. The van der Waals surface area contributed by atoms with Crippen LogP contribution in [0, 0.1) is 6.92 Å². The molecule has 1 aromatic rings. The second-order valence-corrected chi connectivity index (χ2v) is 3.28. The number of ether oxygens (including phenoxy) is 1. The highest BCUT2D eigenvalue weighted by Gasteiger charge is 2.16. The Morgan fingerprint density at radius 2 is 2.31 bits per heavy atom. The van der Waals surface area contributed by atoms with Crippen molar-refractivity contribution in [2.75, 3.05) is 0 Å². The summed E-state index contributed by atoms with van der Waals surface area (Å²) in [5, 5.41) is 0. The van der Waals surface area contributed by atoms with Gasteiger partial charge in [0.05, 0.1) is 13.2 Å². The summed E-state index contributed by atoms with van der Waals surface area (Å²) < 4.78 is 5.28. The molecule has 0 spiro atoms. The highest BCUT2D eigenvalue weighted by Crippen LogP contribution is 2.22. The van der Waals surface area contributed by atoms with Crippen LogP contribution in [0.5, 0.6) is 0 Å². The zero-order valence-corrected chi connectivity index (χ0v) is 7.76. The number of aromatic nitrogens is 1. The maximum Gasteiger partial charge on any atom is 0.178 e. The summed E-state index contributed by atoms with van der Waals surface area (Å²) in [6.45, 7) is 4.69. The van der Waals surface area contributed by atoms with Crippen molar-refractivity contribution < 1.29 is 9.53 Å². The highest BCUT2D eigenvalue weighted by atomic mass is 16.5. The second kappa shape index (κ2) is 2.92. The third-order valence-corrected chi connectivity index (χ3v) is 2.29. The van der Waals surface area contributed by atoms with E-state index in [-0.39, 0.29) is 5.78 Å². The molecule has 0 fully saturated rings. The number of carbonyl (C=O) groups excluding carboxylic acids is 1. The fourth-order valence-corrected chi connectivity index (χ4v) is 1.53. The SMILES string of the molecule is CC(=O)c1cc2c(c(C)n1)COC2. The predicted molar refractivity (Wildman–Crippen MR) is 47.5 cm³/mol. The number of pyridine rings is 1. The lowest BCUT2D eigenvalue weighted by Crippen LogP contribution is -2.02. The standard InChI is InChI=1S/C10H11NO2/c1-6-9-5-13-4-8(9)3-10(11-6)7(2)12/h3H,4-5H2,1-2H3. The average molecular weight is 177 g/mol. The summed E-state index contributed by atoms with van der Waals surface area (Å²) in [5.74, 6) is 0.0119. The van der Waals surface area contributed by atoms with Gasteiger partial charge in [0.15, 0.2) is 5.78 Å². The zero-order chi connectivity index (χ0) is 9.42. The molecule has 0 amide bonds. The highest BCUT2D eigenvalue weighted by molar-refractivity contribution is 5.92. The van der Waals surface area contributed by atoms with Gasteiger partial charge in [0, 0.05) is 18.2 Å². The monoisotopic (exact) mass is 177 g/mol. The Kier molecular flexibility index (Phi) is 1.88. The second-order valence-electron chi connectivity index (χ2n) is 3.28. The predicted octanol–water partition coefficient (Wildman–Crippen LogP) is 1.62. The molecule has 0 saturated heterocycles. The van der Waals surface area contributed by atoms with E-state index in [0.29, 0.717) is 18.9 Å². The van der Waals surface area contributed by atoms with Crippen LogP contribution in [0.1, 0.15) is 34.2 Å². The van der Waals surface area contributed by atoms with Crippen molar-refractivity contribution in [3.8, 4) is 0 Å². The molecule has 2 heterocycles. The van der Waals surface area contributed by atoms with E-state index in [4.69, 9.17) is 4.74 Å². The van der Waals surface area contributed by atoms with Crippen molar-refractivity contribution in [3.63, 3.8) is 0 Å². The molecular formula is C10H11NO2. The number of hydrogen-bond acceptors (Lipinski definition) is 3. The number of ketones is 1. The van der Waals surface area contributed by atoms with Crippen molar-refractivity contribution in [1.82, 2.24) is 4.98 Å². The number of nitrogens with zero attached hydrogens (tertiary/aromatic N) is 1. The van der Waals surface area contributed by atoms with Gasteiger partial charge in [-0.25, -0.2) is 4.98 Å². The minimum absolute atomic E-state index is 0.0119. The molecule has 0 saturated carbocycles. The first-order valence-corrected chi connectivity index (χ1v) is 4.26. The summed E-state index contributed by atoms with van der Waals surface area (Å²) in [6, 6.07) is 1.83. The van der Waals surface area contributed by atoms with Crippen molar-refractivity contribution in [2.24, 2.45) is 0 Å². The van der Waals surface area contributed by atoms with Gasteiger partial charge in [-0.05, 0) is 18.6 Å². The molecule has 1 aliphatic rings. The number of carbonyl (C=O) groups is 1. The average Bonchev–Trinajstić information content (AvgIpc) is 2.51. The van der Waals surface area contributed by atoms with Crippen molar-refractivity contribution >= 4 is 5.78 Å². The van der Waals surface area contributed by atoms with E-state index >= 15 is 0 Å². The van der Waals surface area contributed by atoms with Crippen LogP contribution >= 0.6 is 0 Å². The van der Waals surface area contributed by atoms with Crippen molar-refractivity contribution in [2.45, 2.75) is 27.1 Å². The Labute approximate surface area is 76.7 Å². The normalized spacial score (nSPS) is 14.3. The van der Waals surface area contributed by atoms with E-state index in [2.05, 4.69) is 4.98 Å². The smallest absolute Gasteiger partial charge is 0.178 e. The molecule has 0 unspecified atom stereocenters. The minimum atomic E-state index is 0.0119. The summed E-state index contributed by atoms with van der Waals surface area (Å²) in [7, 11) is 0. The Balaban J connectivity index is 2.55. The first kappa shape index (κ1) is 8.38. The molecule has 1 aromatic heterocycles. The Hall–Kier alpha value is -1.22. The minimum Gasteiger partial charge on any atom is -0.372 e. The van der Waals surface area contributed by atoms with Gasteiger partial charge in [-0.3, -0.25) is 4.79 Å². The third-order valence-electron chi connectivity index (χ3n) is 2.29. The van der Waals surface area contributed by atoms with Gasteiger partial charge in [0.2, 0.25) is 0 Å². The van der Waals surface area contributed by atoms with Crippen molar-refractivity contribution in [3.05, 3.63) is 28.6 Å². The summed E-state index contributed by atoms with van der Waals surface area (Å²) >= 11 is 0. The molecule has 0 atom stereocenters. The van der Waals surface area contributed by atoms with E-state index in [9.17, 15) is 4.79 Å². The molecule has 68 valence electrons. The molecule has 1 aliphatic heterocycles. The van der Waals surface area contributed by atoms with E-state index < -0.39 is 0 Å². The molecule has 3 heteroatoms. The van der Waals surface area contributed by atoms with Gasteiger partial charge in [0.1, 0.15) is 5.69 Å². The molecule has 0 aromatic carbocycles. The van der Waals surface area contributed by atoms with Gasteiger partial charge in [-0.15, -0.1) is 0 Å². The van der Waals surface area contributed by atoms with Gasteiger partial charge >= 0.3 is 0 Å². The maximum absolute atomic E-state index is 11.1. The lowest BCUT2D eigenvalue weighted by atomic mass is 10.1. The lowest BCUT2D eigenvalue weighted by molar-refractivity contribution is 0.101. The van der Waals surface area contributed by atoms with E-state index in [1.165, 1.54) is 6.92 Å². The quantitative estimate of drug-likeness (QED) is 0.612. The summed E-state index contributed by atoms with van der Waals surface area (Å²) in [4.78, 5) is 15.3. The van der Waals surface area contributed by atoms with Crippen LogP contribution in [0.15, 0.2) is 6.07 Å². The molecule has 0 bridgehead atoms. The van der Waals surface area contributed by atoms with Crippen LogP contribution in [-0.4, -0.2) is 10.8 Å². The van der Waals surface area contributed by atoms with E-state index in [1.54, 1.807) is 0 Å². The van der Waals surface area contributed by atoms with Crippen LogP contribution in [0.25, 0.3) is 0 Å². The number of Topliss-reactive ketones (excluding diaryl/α,β-unsaturated/α-hetero) is 1. The molecule has 0 radical (unpaired) electrons. The Morgan fingerprint density at radius 3 is 3.00 bits per heavy atom. The van der Waals surface area contributed by atoms with Crippen LogP contribution in [-0.2, 0) is 18.0 Å². The van der Waals surface area contributed by atoms with Gasteiger partial charge in [-0.2, -0.15) is 0 Å². The summed E-state index contributed by atoms with van der Waals surface area (Å²) in [6.07, 6.45) is 0. The maximum atomic E-state index is 11.1. The van der Waals surface area contributed by atoms with Gasteiger partial charge in [-0.1, -0.05) is 0 Å². The Bertz CT molecular complexity index is 371. The fourth-order valence-electron chi connectivity index (χ4n) is 1.53. The zero-order valence-electron chi connectivity index (χ0n) is 7.76. The Morgan fingerprint density at radius 1 is 1.54 bits per heavy atom. The molecule has 2 rings (SSSR count). The number of rotatable bonds is 1. The topological polar surface area (TPSA) is 39.2 Å². The van der Waals surface area contributed by atoms with Gasteiger partial charge in [0.25, 0.3) is 0 Å². The number of fused-ring (bicyclic) bond motifs is 1. The number of aryl methyl sites for hydroxylation is 1. The third kappa shape index (κ3) is 1.35. The van der Waals surface area contributed by atoms with E-state index in [0.717, 1.165) is 16.8 Å². The molecule has 0 N–H and O–H groups in total. The first-order chi connectivity index (χ1) is 6.18. The molecule has 13 heavy (non-hydrogen) atoms. The fraction of sp³-hybridized carbons (Fsp3) is 0.400. The van der Waals surface area contributed by atoms with E-state index in [1.807, 2.05) is 13.0 Å². The first-order valence-electron chi connectivity index (χ1n) is 4.26. The van der Waals surface area contributed by atoms with Crippen molar-refractivity contribution in [1.29, 1.82) is 0 Å². The summed E-state index contributed by atoms with van der Waals surface area (Å²) in [5.41, 5.74) is 3.71. The van der Waals surface area contributed by atoms with Crippen LogP contribution in [0.2, 0.25) is 0 Å². The van der Waals surface area contributed by atoms with Crippen LogP contribution in [0.3, 0.4) is 0 Å². The molecule has 0 aliphatic carbocycles. The van der Waals surface area contributed by atoms with Crippen LogP contribution < -0.4 is 0 Å². The van der Waals surface area contributed by atoms with Gasteiger partial charge < -0.3 is 4.74 Å². The molecular weight excluding hydrogens is 166 g/mol.